The number of hydrogen-bond acceptors (Lipinski definition) is 0. The summed E-state index contributed by atoms with van der Waals surface area (Å²) in [6.07, 6.45) is 6.70. The largest absolute Gasteiger partial charge is 0.248 e. The Bertz CT molecular complexity index is 524. The summed E-state index contributed by atoms with van der Waals surface area (Å²) in [6.45, 7) is 6.40. The van der Waals surface area contributed by atoms with Crippen LogP contribution in [0.1, 0.15) is 31.4 Å². The van der Waals surface area contributed by atoms with Crippen molar-refractivity contribution < 1.29 is 8.78 Å². The molecule has 0 nitrogen and oxygen atoms in total. The molecule has 0 N–H and O–H groups in total. The third kappa shape index (κ3) is 5.07. The fourth-order valence-electron chi connectivity index (χ4n) is 1.72. The van der Waals surface area contributed by atoms with Crippen LogP contribution in [-0.4, -0.2) is 5.92 Å². The maximum Gasteiger partial charge on any atom is 0.248 e. The van der Waals surface area contributed by atoms with Crippen LogP contribution in [0.5, 0.6) is 0 Å². The van der Waals surface area contributed by atoms with Gasteiger partial charge in [0.05, 0.1) is 0 Å². The summed E-state index contributed by atoms with van der Waals surface area (Å²) in [5.41, 5.74) is 5.60. The van der Waals surface area contributed by atoms with Gasteiger partial charge in [-0.15, -0.1) is 5.73 Å². The van der Waals surface area contributed by atoms with Crippen LogP contribution in [0.25, 0.3) is 11.6 Å². The molecule has 0 saturated heterocycles. The van der Waals surface area contributed by atoms with Gasteiger partial charge < -0.3 is 0 Å². The Labute approximate surface area is 113 Å². The van der Waals surface area contributed by atoms with Gasteiger partial charge in [-0.25, -0.2) is 8.78 Å². The summed E-state index contributed by atoms with van der Waals surface area (Å²) < 4.78 is 25.6. The Balaban J connectivity index is 3.06. The van der Waals surface area contributed by atoms with Crippen molar-refractivity contribution in [2.75, 3.05) is 0 Å². The minimum atomic E-state index is -2.67. The second-order valence-corrected chi connectivity index (χ2v) is 4.36. The number of alkyl halides is 2. The third-order valence-corrected chi connectivity index (χ3v) is 2.61. The van der Waals surface area contributed by atoms with E-state index in [-0.39, 0.29) is 6.42 Å². The van der Waals surface area contributed by atoms with E-state index in [9.17, 15) is 8.78 Å². The molecular formula is C17H18F2. The average molecular weight is 260 g/mol. The molecule has 0 aliphatic rings. The molecule has 0 spiro atoms. The van der Waals surface area contributed by atoms with E-state index in [1.807, 2.05) is 37.3 Å². The Hall–Kier alpha value is -1.92. The van der Waals surface area contributed by atoms with Crippen molar-refractivity contribution in [2.45, 2.75) is 26.2 Å². The predicted molar refractivity (Wildman–Crippen MR) is 78.1 cm³/mol. The number of benzene rings is 1. The molecule has 0 radical (unpaired) electrons. The highest BCUT2D eigenvalue weighted by Gasteiger charge is 2.18. The summed E-state index contributed by atoms with van der Waals surface area (Å²) in [5.74, 6) is -2.67. The summed E-state index contributed by atoms with van der Waals surface area (Å²) in [5, 5.41) is 0. The van der Waals surface area contributed by atoms with Crippen molar-refractivity contribution >= 4 is 11.6 Å². The Morgan fingerprint density at radius 1 is 1.37 bits per heavy atom. The molecule has 0 aromatic heterocycles. The van der Waals surface area contributed by atoms with Crippen molar-refractivity contribution in [2.24, 2.45) is 0 Å². The number of halogens is 2. The van der Waals surface area contributed by atoms with Gasteiger partial charge in [0.25, 0.3) is 0 Å². The van der Waals surface area contributed by atoms with Crippen LogP contribution in [-0.2, 0) is 0 Å². The van der Waals surface area contributed by atoms with E-state index in [4.69, 9.17) is 0 Å². The monoisotopic (exact) mass is 260 g/mol. The van der Waals surface area contributed by atoms with E-state index in [2.05, 4.69) is 12.3 Å². The molecule has 1 aromatic carbocycles. The average Bonchev–Trinajstić information content (AvgIpc) is 2.35. The van der Waals surface area contributed by atoms with Crippen molar-refractivity contribution in [1.29, 1.82) is 0 Å². The van der Waals surface area contributed by atoms with Crippen LogP contribution in [0.4, 0.5) is 8.78 Å². The minimum absolute atomic E-state index is 0.260. The van der Waals surface area contributed by atoms with Crippen molar-refractivity contribution in [1.82, 2.24) is 0 Å². The summed E-state index contributed by atoms with van der Waals surface area (Å²) in [4.78, 5) is 0. The zero-order valence-corrected chi connectivity index (χ0v) is 11.3. The predicted octanol–water partition coefficient (Wildman–Crippen LogP) is 5.49. The Kier molecular flexibility index (Phi) is 5.47. The van der Waals surface area contributed by atoms with Gasteiger partial charge in [-0.2, -0.15) is 0 Å². The van der Waals surface area contributed by atoms with Crippen LogP contribution in [0, 0.1) is 0 Å². The molecule has 2 heteroatoms. The highest BCUT2D eigenvalue weighted by Crippen LogP contribution is 2.23. The topological polar surface area (TPSA) is 0 Å². The molecule has 0 unspecified atom stereocenters. The first-order chi connectivity index (χ1) is 8.98. The first-order valence-corrected chi connectivity index (χ1v) is 6.14. The molecule has 0 atom stereocenters. The van der Waals surface area contributed by atoms with Crippen LogP contribution >= 0.6 is 0 Å². The van der Waals surface area contributed by atoms with Gasteiger partial charge in [-0.1, -0.05) is 49.1 Å². The lowest BCUT2D eigenvalue weighted by Gasteiger charge is -2.08. The summed E-state index contributed by atoms with van der Waals surface area (Å²) in [7, 11) is 0. The van der Waals surface area contributed by atoms with Gasteiger partial charge in [-0.05, 0) is 36.6 Å². The maximum atomic E-state index is 12.8. The molecule has 0 fully saturated rings. The van der Waals surface area contributed by atoms with Gasteiger partial charge in [0.2, 0.25) is 5.92 Å². The highest BCUT2D eigenvalue weighted by molar-refractivity contribution is 5.79. The standard InChI is InChI=1S/C17H18F2/c1-4-9-14(5-2)16-12-7-6-10-15(16)11-8-13-17(3,18)19/h5-12H,1,13H2,2-3H3/b11-8+,14-5-. The molecule has 100 valence electrons. The SMILES string of the molecule is C=C=C/C(=C/C)c1ccccc1/C=C/CC(C)(F)F. The number of hydrogen-bond donors (Lipinski definition) is 0. The smallest absolute Gasteiger partial charge is 0.207 e. The molecule has 0 saturated carbocycles. The molecule has 0 aliphatic carbocycles. The molecule has 0 heterocycles. The van der Waals surface area contributed by atoms with E-state index < -0.39 is 5.92 Å². The zero-order chi connectivity index (χ0) is 14.3. The molecule has 0 amide bonds. The zero-order valence-electron chi connectivity index (χ0n) is 11.3. The lowest BCUT2D eigenvalue weighted by molar-refractivity contribution is 0.0257. The second-order valence-electron chi connectivity index (χ2n) is 4.36. The van der Waals surface area contributed by atoms with E-state index in [0.29, 0.717) is 0 Å². The lowest BCUT2D eigenvalue weighted by Crippen LogP contribution is -2.06. The normalized spacial score (nSPS) is 12.5. The maximum absolute atomic E-state index is 12.8. The molecule has 0 aliphatic heterocycles. The van der Waals surface area contributed by atoms with Crippen molar-refractivity contribution in [3.8, 4) is 0 Å². The quantitative estimate of drug-likeness (QED) is 0.485. The van der Waals surface area contributed by atoms with E-state index in [1.54, 1.807) is 12.2 Å². The van der Waals surface area contributed by atoms with E-state index >= 15 is 0 Å². The van der Waals surface area contributed by atoms with Crippen molar-refractivity contribution in [3.05, 3.63) is 65.9 Å². The fraction of sp³-hybridized carbons (Fsp3) is 0.235. The molecule has 1 aromatic rings. The Morgan fingerprint density at radius 3 is 2.63 bits per heavy atom. The molecule has 0 bridgehead atoms. The lowest BCUT2D eigenvalue weighted by atomic mass is 9.98. The molecule has 1 rings (SSSR count). The minimum Gasteiger partial charge on any atom is -0.207 e. The number of rotatable bonds is 5. The van der Waals surface area contributed by atoms with Gasteiger partial charge in [0, 0.05) is 6.42 Å². The first kappa shape index (κ1) is 15.1. The van der Waals surface area contributed by atoms with Gasteiger partial charge in [0.15, 0.2) is 0 Å². The Morgan fingerprint density at radius 2 is 2.05 bits per heavy atom. The van der Waals surface area contributed by atoms with Crippen LogP contribution in [0.15, 0.2) is 54.8 Å². The highest BCUT2D eigenvalue weighted by atomic mass is 19.3. The van der Waals surface area contributed by atoms with E-state index in [0.717, 1.165) is 23.6 Å². The third-order valence-electron chi connectivity index (χ3n) is 2.61. The van der Waals surface area contributed by atoms with Crippen LogP contribution < -0.4 is 0 Å². The van der Waals surface area contributed by atoms with Crippen LogP contribution in [0.3, 0.4) is 0 Å². The summed E-state index contributed by atoms with van der Waals surface area (Å²) >= 11 is 0. The second kappa shape index (κ2) is 6.86. The fourth-order valence-corrected chi connectivity index (χ4v) is 1.72. The molecular weight excluding hydrogens is 242 g/mol. The molecule has 19 heavy (non-hydrogen) atoms. The van der Waals surface area contributed by atoms with Crippen LogP contribution in [0.2, 0.25) is 0 Å². The van der Waals surface area contributed by atoms with Gasteiger partial charge in [-0.3, -0.25) is 0 Å². The van der Waals surface area contributed by atoms with Gasteiger partial charge >= 0.3 is 0 Å². The number of allylic oxidation sites excluding steroid dienone is 4. The summed E-state index contributed by atoms with van der Waals surface area (Å²) in [6, 6.07) is 7.66. The van der Waals surface area contributed by atoms with Crippen molar-refractivity contribution in [3.63, 3.8) is 0 Å². The first-order valence-electron chi connectivity index (χ1n) is 6.14. The van der Waals surface area contributed by atoms with E-state index in [1.165, 1.54) is 6.08 Å². The van der Waals surface area contributed by atoms with Gasteiger partial charge in [0.1, 0.15) is 0 Å².